The highest BCUT2D eigenvalue weighted by Gasteiger charge is 2.58. The first-order valence-electron chi connectivity index (χ1n) is 2.12. The van der Waals surface area contributed by atoms with Crippen LogP contribution in [0.5, 0.6) is 0 Å². The van der Waals surface area contributed by atoms with E-state index in [0.29, 0.717) is 0 Å². The van der Waals surface area contributed by atoms with Crippen molar-refractivity contribution in [2.24, 2.45) is 0 Å². The lowest BCUT2D eigenvalue weighted by Gasteiger charge is -2.14. The summed E-state index contributed by atoms with van der Waals surface area (Å²) in [5, 5.41) is 0. The van der Waals surface area contributed by atoms with Gasteiger partial charge in [-0.3, -0.25) is 0 Å². The van der Waals surface area contributed by atoms with Crippen LogP contribution in [0.2, 0.25) is 0 Å². The highest BCUT2D eigenvalue weighted by Crippen LogP contribution is 2.29. The average Bonchev–Trinajstić information content (AvgIpc) is 1.59. The lowest BCUT2D eigenvalue weighted by atomic mass is 10.3. The molecule has 0 saturated heterocycles. The Morgan fingerprint density at radius 1 is 0.800 bits per heavy atom. The molecule has 0 unspecified atom stereocenters. The lowest BCUT2D eigenvalue weighted by Crippen LogP contribution is -2.74. The van der Waals surface area contributed by atoms with Gasteiger partial charge in [-0.1, -0.05) is 0 Å². The van der Waals surface area contributed by atoms with Gasteiger partial charge in [-0.2, -0.15) is 26.3 Å². The molecule has 0 saturated carbocycles. The van der Waals surface area contributed by atoms with E-state index in [-0.39, 0.29) is 0 Å². The molecule has 0 rings (SSSR count). The van der Waals surface area contributed by atoms with Crippen molar-refractivity contribution in [3.05, 3.63) is 0 Å². The Bertz CT molecular complexity index is 97.1. The van der Waals surface area contributed by atoms with Crippen molar-refractivity contribution in [1.82, 2.24) is 0 Å². The SMILES string of the molecule is [NH3+]C(C(F)(F)F)C(F)(F)F. The minimum absolute atomic E-state index is 1.93. The van der Waals surface area contributed by atoms with Crippen molar-refractivity contribution in [2.45, 2.75) is 18.4 Å². The van der Waals surface area contributed by atoms with Crippen LogP contribution in [0.3, 0.4) is 0 Å². The summed E-state index contributed by atoms with van der Waals surface area (Å²) in [6.07, 6.45) is -10.6. The molecule has 0 amide bonds. The van der Waals surface area contributed by atoms with Crippen LogP contribution in [0.25, 0.3) is 0 Å². The van der Waals surface area contributed by atoms with E-state index in [1.165, 1.54) is 0 Å². The predicted molar refractivity (Wildman–Crippen MR) is 18.8 cm³/mol. The fourth-order valence-corrected chi connectivity index (χ4v) is 0.186. The zero-order valence-electron chi connectivity index (χ0n) is 4.55. The Kier molecular flexibility index (Phi) is 2.19. The second kappa shape index (κ2) is 2.30. The quantitative estimate of drug-likeness (QED) is 0.516. The molecule has 10 heavy (non-hydrogen) atoms. The van der Waals surface area contributed by atoms with E-state index >= 15 is 0 Å². The Morgan fingerprint density at radius 2 is 1.00 bits per heavy atom. The molecule has 0 aliphatic rings. The monoisotopic (exact) mass is 168 g/mol. The Labute approximate surface area is 51.8 Å². The molecule has 0 aromatic rings. The summed E-state index contributed by atoms with van der Waals surface area (Å²) in [6, 6.07) is -3.49. The average molecular weight is 168 g/mol. The van der Waals surface area contributed by atoms with E-state index < -0.39 is 18.4 Å². The van der Waals surface area contributed by atoms with Crippen molar-refractivity contribution in [3.63, 3.8) is 0 Å². The molecule has 0 fully saturated rings. The number of rotatable bonds is 0. The topological polar surface area (TPSA) is 27.6 Å². The number of quaternary nitrogens is 1. The van der Waals surface area contributed by atoms with E-state index in [1.807, 2.05) is 5.73 Å². The maximum absolute atomic E-state index is 11.2. The molecule has 62 valence electrons. The second-order valence-electron chi connectivity index (χ2n) is 1.64. The van der Waals surface area contributed by atoms with Crippen molar-refractivity contribution < 1.29 is 32.1 Å². The molecule has 7 heteroatoms. The van der Waals surface area contributed by atoms with Crippen LogP contribution in [-0.2, 0) is 0 Å². The van der Waals surface area contributed by atoms with Gasteiger partial charge in [-0.15, -0.1) is 0 Å². The number of hydrogen-bond donors (Lipinski definition) is 1. The van der Waals surface area contributed by atoms with Crippen molar-refractivity contribution in [1.29, 1.82) is 0 Å². The largest absolute Gasteiger partial charge is 0.450 e. The highest BCUT2D eigenvalue weighted by atomic mass is 19.4. The fraction of sp³-hybridized carbons (Fsp3) is 1.00. The molecule has 0 aromatic heterocycles. The summed E-state index contributed by atoms with van der Waals surface area (Å²) in [5.41, 5.74) is 1.93. The van der Waals surface area contributed by atoms with Crippen LogP contribution >= 0.6 is 0 Å². The molecule has 0 radical (unpaired) electrons. The van der Waals surface area contributed by atoms with E-state index in [9.17, 15) is 26.3 Å². The fourth-order valence-electron chi connectivity index (χ4n) is 0.186. The third-order valence-corrected chi connectivity index (χ3v) is 0.790. The molecule has 3 N–H and O–H groups in total. The van der Waals surface area contributed by atoms with Crippen LogP contribution < -0.4 is 5.73 Å². The van der Waals surface area contributed by atoms with Crippen LogP contribution in [0.15, 0.2) is 0 Å². The van der Waals surface area contributed by atoms with Gasteiger partial charge in [0.2, 0.25) is 0 Å². The molecule has 1 nitrogen and oxygen atoms in total. The zero-order chi connectivity index (χ0) is 8.58. The van der Waals surface area contributed by atoms with Gasteiger partial charge in [-0.25, -0.2) is 0 Å². The van der Waals surface area contributed by atoms with Gasteiger partial charge in [0, 0.05) is 0 Å². The zero-order valence-corrected chi connectivity index (χ0v) is 4.55. The van der Waals surface area contributed by atoms with Gasteiger partial charge in [-0.05, 0) is 0 Å². The molecule has 0 atom stereocenters. The number of alkyl halides is 6. The summed E-state index contributed by atoms with van der Waals surface area (Å²) in [5.74, 6) is 0. The molecule has 0 aliphatic carbocycles. The third-order valence-electron chi connectivity index (χ3n) is 0.790. The standard InChI is InChI=1S/C3H3F6N/c4-2(5,6)1(10)3(7,8)9/h1H,10H2/p+1. The van der Waals surface area contributed by atoms with Gasteiger partial charge in [0.15, 0.2) is 0 Å². The molecule has 0 heterocycles. The molecule has 0 aliphatic heterocycles. The first-order valence-corrected chi connectivity index (χ1v) is 2.12. The van der Waals surface area contributed by atoms with Crippen LogP contribution in [0.4, 0.5) is 26.3 Å². The van der Waals surface area contributed by atoms with Crippen molar-refractivity contribution in [3.8, 4) is 0 Å². The summed E-state index contributed by atoms with van der Waals surface area (Å²) in [7, 11) is 0. The minimum atomic E-state index is -5.29. The van der Waals surface area contributed by atoms with Crippen molar-refractivity contribution >= 4 is 0 Å². The highest BCUT2D eigenvalue weighted by molar-refractivity contribution is 4.71. The van der Waals surface area contributed by atoms with E-state index in [2.05, 4.69) is 0 Å². The van der Waals surface area contributed by atoms with Crippen LogP contribution in [0, 0.1) is 0 Å². The Hall–Kier alpha value is -0.460. The van der Waals surface area contributed by atoms with Gasteiger partial charge < -0.3 is 5.73 Å². The van der Waals surface area contributed by atoms with Crippen molar-refractivity contribution in [2.75, 3.05) is 0 Å². The van der Waals surface area contributed by atoms with E-state index in [0.717, 1.165) is 0 Å². The number of halogens is 6. The van der Waals surface area contributed by atoms with E-state index in [4.69, 9.17) is 0 Å². The smallest absolute Gasteiger partial charge is 0.340 e. The molecular formula is C3H4F6N+. The summed E-state index contributed by atoms with van der Waals surface area (Å²) in [6.45, 7) is 0. The summed E-state index contributed by atoms with van der Waals surface area (Å²) in [4.78, 5) is 0. The molecule has 0 bridgehead atoms. The third kappa shape index (κ3) is 2.42. The maximum atomic E-state index is 11.2. The van der Waals surface area contributed by atoms with Gasteiger partial charge >= 0.3 is 12.4 Å². The molecule has 0 aromatic carbocycles. The maximum Gasteiger partial charge on any atom is 0.450 e. The molecular weight excluding hydrogens is 164 g/mol. The first-order chi connectivity index (χ1) is 4.15. The normalized spacial score (nSPS) is 14.4. The van der Waals surface area contributed by atoms with Crippen LogP contribution in [-0.4, -0.2) is 18.4 Å². The van der Waals surface area contributed by atoms with Gasteiger partial charge in [0.25, 0.3) is 6.04 Å². The summed E-state index contributed by atoms with van der Waals surface area (Å²) >= 11 is 0. The Balaban J connectivity index is 4.23. The van der Waals surface area contributed by atoms with Gasteiger partial charge in [0.05, 0.1) is 0 Å². The minimum Gasteiger partial charge on any atom is -0.340 e. The van der Waals surface area contributed by atoms with Crippen LogP contribution in [0.1, 0.15) is 0 Å². The first kappa shape index (κ1) is 9.54. The van der Waals surface area contributed by atoms with Gasteiger partial charge in [0.1, 0.15) is 0 Å². The number of hydrogen-bond acceptors (Lipinski definition) is 0. The molecule has 0 spiro atoms. The van der Waals surface area contributed by atoms with E-state index in [1.54, 1.807) is 0 Å². The summed E-state index contributed by atoms with van der Waals surface area (Å²) < 4.78 is 67.0. The second-order valence-corrected chi connectivity index (χ2v) is 1.64. The predicted octanol–water partition coefficient (Wildman–Crippen LogP) is 0.721. The Morgan fingerprint density at radius 3 is 1.00 bits per heavy atom. The lowest BCUT2D eigenvalue weighted by molar-refractivity contribution is -0.533.